The number of hydrogen-bond donors (Lipinski definition) is 1. The van der Waals surface area contributed by atoms with Crippen LogP contribution >= 0.6 is 0 Å². The van der Waals surface area contributed by atoms with Crippen LogP contribution in [-0.2, 0) is 11.3 Å². The minimum atomic E-state index is 0.371. The lowest BCUT2D eigenvalue weighted by atomic mass is 10.2. The molecule has 0 radical (unpaired) electrons. The van der Waals surface area contributed by atoms with Crippen LogP contribution in [0.4, 0.5) is 0 Å². The van der Waals surface area contributed by atoms with Crippen molar-refractivity contribution in [2.75, 3.05) is 13.2 Å². The third-order valence-corrected chi connectivity index (χ3v) is 2.74. The van der Waals surface area contributed by atoms with Gasteiger partial charge in [-0.1, -0.05) is 0 Å². The Bertz CT molecular complexity index is 361. The quantitative estimate of drug-likeness (QED) is 0.769. The van der Waals surface area contributed by atoms with Gasteiger partial charge in [0, 0.05) is 6.61 Å². The van der Waals surface area contributed by atoms with Crippen molar-refractivity contribution in [2.45, 2.75) is 31.9 Å². The molecule has 1 unspecified atom stereocenters. The van der Waals surface area contributed by atoms with E-state index in [2.05, 4.69) is 5.32 Å². The molecule has 0 bridgehead atoms. The summed E-state index contributed by atoms with van der Waals surface area (Å²) in [5.74, 6) is 1.18. The summed E-state index contributed by atoms with van der Waals surface area (Å²) in [6.45, 7) is 2.51. The molecule has 4 heteroatoms. The zero-order valence-electron chi connectivity index (χ0n) is 9.24. The van der Waals surface area contributed by atoms with Crippen molar-refractivity contribution in [3.63, 3.8) is 0 Å². The highest BCUT2D eigenvalue weighted by molar-refractivity contribution is 5.18. The normalized spacial score (nSPS) is 19.8. The number of nitrogens with zero attached hydrogens (tertiary/aromatic N) is 1. The first-order valence-electron chi connectivity index (χ1n) is 5.69. The molecule has 0 aliphatic carbocycles. The minimum absolute atomic E-state index is 0.371. The highest BCUT2D eigenvalue weighted by Crippen LogP contribution is 2.14. The predicted molar refractivity (Wildman–Crippen MR) is 58.7 cm³/mol. The van der Waals surface area contributed by atoms with Crippen molar-refractivity contribution >= 4 is 0 Å². The second-order valence-corrected chi connectivity index (χ2v) is 3.98. The van der Waals surface area contributed by atoms with Crippen LogP contribution in [0.5, 0.6) is 0 Å². The van der Waals surface area contributed by atoms with Crippen molar-refractivity contribution in [1.29, 1.82) is 5.26 Å². The maximum Gasteiger partial charge on any atom is 0.203 e. The SMILES string of the molecule is N#Cc1ccc(CNCCC2CCCO2)o1. The van der Waals surface area contributed by atoms with Crippen LogP contribution in [0.3, 0.4) is 0 Å². The summed E-state index contributed by atoms with van der Waals surface area (Å²) < 4.78 is 10.8. The Morgan fingerprint density at radius 3 is 3.12 bits per heavy atom. The van der Waals surface area contributed by atoms with E-state index in [-0.39, 0.29) is 0 Å². The molecule has 86 valence electrons. The topological polar surface area (TPSA) is 58.2 Å². The number of furan rings is 1. The average Bonchev–Trinajstić information content (AvgIpc) is 2.95. The van der Waals surface area contributed by atoms with Crippen LogP contribution < -0.4 is 5.32 Å². The first kappa shape index (κ1) is 11.2. The molecule has 0 saturated carbocycles. The molecule has 0 spiro atoms. The monoisotopic (exact) mass is 220 g/mol. The standard InChI is InChI=1S/C12H16N2O2/c13-8-11-3-4-12(16-11)9-14-6-5-10-2-1-7-15-10/h3-4,10,14H,1-2,5-7,9H2. The molecule has 1 aliphatic heterocycles. The Hall–Kier alpha value is -1.31. The van der Waals surface area contributed by atoms with Gasteiger partial charge >= 0.3 is 0 Å². The summed E-state index contributed by atoms with van der Waals surface area (Å²) >= 11 is 0. The molecule has 0 aromatic carbocycles. The van der Waals surface area contributed by atoms with Crippen LogP contribution in [-0.4, -0.2) is 19.3 Å². The van der Waals surface area contributed by atoms with Gasteiger partial charge in [0.25, 0.3) is 0 Å². The van der Waals surface area contributed by atoms with Gasteiger partial charge in [-0.3, -0.25) is 0 Å². The third-order valence-electron chi connectivity index (χ3n) is 2.74. The van der Waals surface area contributed by atoms with E-state index in [1.807, 2.05) is 12.1 Å². The molecular formula is C12H16N2O2. The number of nitriles is 1. The van der Waals surface area contributed by atoms with Gasteiger partial charge in [-0.15, -0.1) is 0 Å². The molecule has 2 heterocycles. The fourth-order valence-electron chi connectivity index (χ4n) is 1.88. The van der Waals surface area contributed by atoms with E-state index < -0.39 is 0 Å². The van der Waals surface area contributed by atoms with E-state index in [0.29, 0.717) is 18.4 Å². The smallest absolute Gasteiger partial charge is 0.203 e. The van der Waals surface area contributed by atoms with Gasteiger partial charge in [0.1, 0.15) is 11.8 Å². The average molecular weight is 220 g/mol. The van der Waals surface area contributed by atoms with Crippen molar-refractivity contribution in [2.24, 2.45) is 0 Å². The van der Waals surface area contributed by atoms with Crippen molar-refractivity contribution in [3.05, 3.63) is 23.7 Å². The summed E-state index contributed by atoms with van der Waals surface area (Å²) in [6.07, 6.45) is 3.85. The molecular weight excluding hydrogens is 204 g/mol. The first-order valence-corrected chi connectivity index (χ1v) is 5.69. The van der Waals surface area contributed by atoms with Gasteiger partial charge in [-0.25, -0.2) is 0 Å². The summed E-state index contributed by atoms with van der Waals surface area (Å²) in [4.78, 5) is 0. The van der Waals surface area contributed by atoms with Gasteiger partial charge in [0.15, 0.2) is 0 Å². The van der Waals surface area contributed by atoms with Gasteiger partial charge < -0.3 is 14.5 Å². The van der Waals surface area contributed by atoms with Gasteiger partial charge in [-0.2, -0.15) is 5.26 Å². The Labute approximate surface area is 95.2 Å². The van der Waals surface area contributed by atoms with Gasteiger partial charge in [-0.05, 0) is 37.9 Å². The summed E-state index contributed by atoms with van der Waals surface area (Å²) in [6, 6.07) is 5.49. The van der Waals surface area contributed by atoms with Crippen molar-refractivity contribution in [1.82, 2.24) is 5.32 Å². The zero-order valence-corrected chi connectivity index (χ0v) is 9.24. The molecule has 1 aromatic heterocycles. The Kier molecular flexibility index (Phi) is 3.97. The fourth-order valence-corrected chi connectivity index (χ4v) is 1.88. The van der Waals surface area contributed by atoms with E-state index >= 15 is 0 Å². The number of nitrogens with one attached hydrogen (secondary N) is 1. The van der Waals surface area contributed by atoms with Crippen LogP contribution in [0.1, 0.15) is 30.8 Å². The lowest BCUT2D eigenvalue weighted by molar-refractivity contribution is 0.104. The molecule has 1 saturated heterocycles. The Morgan fingerprint density at radius 1 is 1.50 bits per heavy atom. The minimum Gasteiger partial charge on any atom is -0.449 e. The van der Waals surface area contributed by atoms with E-state index in [1.165, 1.54) is 12.8 Å². The first-order chi connectivity index (χ1) is 7.88. The number of rotatable bonds is 5. The largest absolute Gasteiger partial charge is 0.449 e. The van der Waals surface area contributed by atoms with Crippen LogP contribution in [0, 0.1) is 11.3 Å². The van der Waals surface area contributed by atoms with Crippen molar-refractivity contribution < 1.29 is 9.15 Å². The second kappa shape index (κ2) is 5.69. The molecule has 1 atom stereocenters. The molecule has 1 N–H and O–H groups in total. The van der Waals surface area contributed by atoms with Crippen LogP contribution in [0.2, 0.25) is 0 Å². The van der Waals surface area contributed by atoms with Crippen LogP contribution in [0.15, 0.2) is 16.5 Å². The van der Waals surface area contributed by atoms with Crippen LogP contribution in [0.25, 0.3) is 0 Å². The lowest BCUT2D eigenvalue weighted by Crippen LogP contribution is -2.19. The molecule has 16 heavy (non-hydrogen) atoms. The van der Waals surface area contributed by atoms with E-state index in [9.17, 15) is 0 Å². The highest BCUT2D eigenvalue weighted by atomic mass is 16.5. The second-order valence-electron chi connectivity index (χ2n) is 3.98. The Morgan fingerprint density at radius 2 is 2.44 bits per heavy atom. The molecule has 1 fully saturated rings. The fraction of sp³-hybridized carbons (Fsp3) is 0.583. The maximum atomic E-state index is 8.59. The summed E-state index contributed by atoms with van der Waals surface area (Å²) in [5.41, 5.74) is 0. The predicted octanol–water partition coefficient (Wildman–Crippen LogP) is 1.81. The number of ether oxygens (including phenoxy) is 1. The highest BCUT2D eigenvalue weighted by Gasteiger charge is 2.14. The zero-order chi connectivity index (χ0) is 11.2. The summed E-state index contributed by atoms with van der Waals surface area (Å²) in [5, 5.41) is 11.9. The maximum absolute atomic E-state index is 8.59. The van der Waals surface area contributed by atoms with E-state index in [0.717, 1.165) is 25.3 Å². The summed E-state index contributed by atoms with van der Waals surface area (Å²) in [7, 11) is 0. The molecule has 4 nitrogen and oxygen atoms in total. The number of hydrogen-bond acceptors (Lipinski definition) is 4. The molecule has 2 rings (SSSR count). The van der Waals surface area contributed by atoms with E-state index in [4.69, 9.17) is 14.4 Å². The molecule has 1 aliphatic rings. The lowest BCUT2D eigenvalue weighted by Gasteiger charge is -2.08. The van der Waals surface area contributed by atoms with Gasteiger partial charge in [0.2, 0.25) is 5.76 Å². The Balaban J connectivity index is 1.62. The van der Waals surface area contributed by atoms with Gasteiger partial charge in [0.05, 0.1) is 12.6 Å². The van der Waals surface area contributed by atoms with E-state index in [1.54, 1.807) is 6.07 Å². The molecule has 1 aromatic rings. The third kappa shape index (κ3) is 3.09. The molecule has 0 amide bonds. The van der Waals surface area contributed by atoms with Crippen molar-refractivity contribution in [3.8, 4) is 6.07 Å².